The first-order valence-corrected chi connectivity index (χ1v) is 39.6. The average Bonchev–Trinajstić information content (AvgIpc) is 1.62. The van der Waals surface area contributed by atoms with E-state index in [9.17, 15) is 49.5 Å². The highest BCUT2D eigenvalue weighted by Crippen LogP contribution is 2.67. The molecule has 4 heterocycles. The summed E-state index contributed by atoms with van der Waals surface area (Å²) < 4.78 is 173. The van der Waals surface area contributed by atoms with Gasteiger partial charge in [0, 0.05) is 47.7 Å². The van der Waals surface area contributed by atoms with Crippen molar-refractivity contribution >= 4 is 62.3 Å². The van der Waals surface area contributed by atoms with Crippen LogP contribution in [0.5, 0.6) is 11.5 Å². The molecule has 4 saturated heterocycles. The highest BCUT2D eigenvalue weighted by Gasteiger charge is 2.74. The minimum absolute atomic E-state index is 0.0146. The molecule has 4 aliphatic heterocycles. The molecule has 568 valence electrons. The van der Waals surface area contributed by atoms with Crippen LogP contribution in [-0.4, -0.2) is 121 Å². The van der Waals surface area contributed by atoms with E-state index in [-0.39, 0.29) is 58.3 Å². The number of ether oxygens (including phenoxy) is 11. The highest BCUT2D eigenvalue weighted by molar-refractivity contribution is 14.1. The number of hydrogen-bond donors (Lipinski definition) is 0. The zero-order valence-electron chi connectivity index (χ0n) is 59.1. The maximum absolute atomic E-state index is 13.7. The Morgan fingerprint density at radius 3 is 1.24 bits per heavy atom. The number of carbonyl (C=O) groups excluding carboxylic acids is 3. The molecule has 0 N–H and O–H groups in total. The fourth-order valence-electron chi connectivity index (χ4n) is 17.5. The van der Waals surface area contributed by atoms with Gasteiger partial charge in [0.15, 0.2) is 71.8 Å². The van der Waals surface area contributed by atoms with Crippen LogP contribution in [-0.2, 0) is 83.5 Å². The first-order chi connectivity index (χ1) is 51.1. The SMILES string of the molecule is CC(F)(F)C(=O)OC12CC3CC(C1)C1(OCC(F)(F)C(F)(F)CO1)C(C3)C2.CCOC(C)OC1C(=O)OC2C3OC4(OC3OC12)C1CC2CC4CC(OC(=O)C(C)(F)F)(C2)C1.Ic1ccc(Oc2ccc([S+](c3ccccc3)c3ccccc3)cc2)cc1.c1ccc([S+](c2ccccc2)c2ccccc2)cc1. The van der Waals surface area contributed by atoms with Gasteiger partial charge >= 0.3 is 41.6 Å². The van der Waals surface area contributed by atoms with Crippen molar-refractivity contribution in [1.82, 2.24) is 0 Å². The number of rotatable bonds is 16. The lowest BCUT2D eigenvalue weighted by molar-refractivity contribution is -0.355. The highest BCUT2D eigenvalue weighted by atomic mass is 127. The summed E-state index contributed by atoms with van der Waals surface area (Å²) in [5, 5.41) is 0. The second-order valence-electron chi connectivity index (χ2n) is 29.4. The van der Waals surface area contributed by atoms with Gasteiger partial charge in [0.1, 0.15) is 42.0 Å². The fourth-order valence-corrected chi connectivity index (χ4v) is 22.1. The number of benzene rings is 7. The van der Waals surface area contributed by atoms with Gasteiger partial charge in [-0.25, -0.2) is 14.4 Å². The van der Waals surface area contributed by atoms with Crippen molar-refractivity contribution in [1.29, 1.82) is 0 Å². The van der Waals surface area contributed by atoms with Gasteiger partial charge in [-0.3, -0.25) is 0 Å². The molecule has 2 spiro atoms. The van der Waals surface area contributed by atoms with Gasteiger partial charge in [0.05, 0.1) is 21.8 Å². The van der Waals surface area contributed by atoms with Crippen LogP contribution in [0.25, 0.3) is 0 Å². The molecule has 7 aromatic carbocycles. The van der Waals surface area contributed by atoms with Crippen molar-refractivity contribution in [3.05, 3.63) is 204 Å². The molecule has 12 fully saturated rings. The topological polar surface area (TPSA) is 153 Å². The molecule has 8 bridgehead atoms. The third kappa shape index (κ3) is 16.2. The lowest BCUT2D eigenvalue weighted by Gasteiger charge is -2.63. The molecular formula is C82H83F8IO14S2+2. The van der Waals surface area contributed by atoms with Gasteiger partial charge in [-0.15, -0.1) is 0 Å². The van der Waals surface area contributed by atoms with Crippen molar-refractivity contribution in [3.63, 3.8) is 0 Å². The normalized spacial score (nSPS) is 30.7. The Bertz CT molecular complexity index is 4030. The van der Waals surface area contributed by atoms with Crippen LogP contribution in [0, 0.1) is 39.1 Å². The molecule has 7 aromatic rings. The van der Waals surface area contributed by atoms with E-state index in [2.05, 4.69) is 199 Å². The van der Waals surface area contributed by atoms with Crippen molar-refractivity contribution in [2.24, 2.45) is 35.5 Å². The summed E-state index contributed by atoms with van der Waals surface area (Å²) in [6, 6.07) is 70.0. The summed E-state index contributed by atoms with van der Waals surface area (Å²) in [6.07, 6.45) is 0.222. The number of fused-ring (bicyclic) bond motifs is 3. The second-order valence-corrected chi connectivity index (χ2v) is 34.7. The largest absolute Gasteiger partial charge is 0.457 e. The van der Waals surface area contributed by atoms with Gasteiger partial charge in [-0.2, -0.15) is 35.1 Å². The summed E-state index contributed by atoms with van der Waals surface area (Å²) in [4.78, 5) is 44.2. The summed E-state index contributed by atoms with van der Waals surface area (Å²) in [6.45, 7) is 2.03. The van der Waals surface area contributed by atoms with Crippen molar-refractivity contribution < 1.29 is 102 Å². The van der Waals surface area contributed by atoms with Crippen LogP contribution in [0.15, 0.2) is 230 Å². The van der Waals surface area contributed by atoms with Crippen molar-refractivity contribution in [2.75, 3.05) is 19.8 Å². The average molecular weight is 1640 g/mol. The number of esters is 3. The molecule has 0 aromatic heterocycles. The van der Waals surface area contributed by atoms with Gasteiger partial charge in [-0.05, 0) is 222 Å². The van der Waals surface area contributed by atoms with E-state index in [1.54, 1.807) is 6.92 Å². The molecule has 14 nitrogen and oxygen atoms in total. The molecular weight excluding hydrogens is 1550 g/mol. The van der Waals surface area contributed by atoms with Crippen LogP contribution < -0.4 is 4.74 Å². The van der Waals surface area contributed by atoms with E-state index < -0.39 is 126 Å². The Balaban J connectivity index is 0.000000122. The van der Waals surface area contributed by atoms with Crippen LogP contribution in [0.4, 0.5) is 35.1 Å². The van der Waals surface area contributed by atoms with E-state index >= 15 is 0 Å². The van der Waals surface area contributed by atoms with Crippen LogP contribution in [0.3, 0.4) is 0 Å². The summed E-state index contributed by atoms with van der Waals surface area (Å²) in [7, 11) is -0.144. The molecule has 107 heavy (non-hydrogen) atoms. The Labute approximate surface area is 635 Å². The van der Waals surface area contributed by atoms with Gasteiger partial charge in [0.25, 0.3) is 0 Å². The fraction of sp³-hybridized carbons (Fsp3) is 0.451. The molecule has 8 aliphatic carbocycles. The first kappa shape index (κ1) is 77.1. The predicted molar refractivity (Wildman–Crippen MR) is 386 cm³/mol. The molecule has 0 radical (unpaired) electrons. The van der Waals surface area contributed by atoms with E-state index in [0.717, 1.165) is 24.3 Å². The van der Waals surface area contributed by atoms with Crippen molar-refractivity contribution in [2.45, 2.75) is 205 Å². The maximum Gasteiger partial charge on any atom is 0.377 e. The predicted octanol–water partition coefficient (Wildman–Crippen LogP) is 18.0. The maximum atomic E-state index is 13.7. The van der Waals surface area contributed by atoms with Gasteiger partial charge in [-0.1, -0.05) is 91.0 Å². The van der Waals surface area contributed by atoms with Gasteiger partial charge < -0.3 is 52.1 Å². The molecule has 25 heteroatoms. The lowest BCUT2D eigenvalue weighted by Crippen LogP contribution is -2.66. The standard InChI is InChI=1S/C24H18IOS.C23H30F2O9.C18H15S.C17H20F6O4/c25-19-11-13-20(14-12-19)26-21-15-17-24(18-16-21)27(22-7-3-1-4-8-22)23-9-5-2-6-10-23;1-4-28-10(2)29-16-14-15(30-18(16)26)17-19(31-14)33-23(32-17)12-5-11-6-13(23)9-22(7-11,8-12)34-20(27)21(3,24)25;1-4-10-16(11-5-1)19(17-12-6-2-7-13-17)18-14-8-3-9-15-18;1-13(18,19)12(24)27-14-4-9-2-10(5-14)17(11(3-9)6-14)25-7-15(20,21)16(22,23)8-26-17/h1-18H;10-17,19H,4-9H2,1-3H3;1-15H;9-11H,2-8H2,1H3/q+1;;+1;. The number of hydrogen-bond acceptors (Lipinski definition) is 14. The minimum Gasteiger partial charge on any atom is -0.457 e. The van der Waals surface area contributed by atoms with Crippen molar-refractivity contribution in [3.8, 4) is 11.5 Å². The third-order valence-corrected chi connectivity index (χ3v) is 26.9. The molecule has 0 amide bonds. The smallest absolute Gasteiger partial charge is 0.377 e. The van der Waals surface area contributed by atoms with Crippen LogP contribution in [0.1, 0.15) is 91.9 Å². The van der Waals surface area contributed by atoms with Crippen LogP contribution in [0.2, 0.25) is 0 Å². The second kappa shape index (κ2) is 30.9. The Morgan fingerprint density at radius 2 is 0.869 bits per heavy atom. The molecule has 12 aliphatic rings. The molecule has 19 rings (SSSR count). The van der Waals surface area contributed by atoms with E-state index in [1.165, 1.54) is 32.9 Å². The Hall–Kier alpha value is -6.66. The number of alkyl halides is 8. The monoisotopic (exact) mass is 1630 g/mol. The summed E-state index contributed by atoms with van der Waals surface area (Å²) in [5.74, 6) is -21.6. The zero-order chi connectivity index (χ0) is 75.3. The Morgan fingerprint density at radius 1 is 0.505 bits per heavy atom. The molecule has 10 atom stereocenters. The van der Waals surface area contributed by atoms with Gasteiger partial charge in [0.2, 0.25) is 0 Å². The van der Waals surface area contributed by atoms with E-state index in [0.29, 0.717) is 59.0 Å². The third-order valence-electron chi connectivity index (χ3n) is 21.7. The van der Waals surface area contributed by atoms with E-state index in [4.69, 9.17) is 52.1 Å². The molecule has 8 saturated carbocycles. The first-order valence-electron chi connectivity index (χ1n) is 36.1. The van der Waals surface area contributed by atoms with Crippen LogP contribution >= 0.6 is 22.6 Å². The number of halogens is 9. The minimum atomic E-state index is -4.36. The number of carbonyl (C=O) groups is 3. The summed E-state index contributed by atoms with van der Waals surface area (Å²) in [5.41, 5.74) is -2.07. The zero-order valence-corrected chi connectivity index (χ0v) is 62.9. The lowest BCUT2D eigenvalue weighted by atomic mass is 9.51. The quantitative estimate of drug-likeness (QED) is 0.0225. The Kier molecular flexibility index (Phi) is 22.3. The van der Waals surface area contributed by atoms with E-state index in [1.807, 2.05) is 31.2 Å². The molecule has 10 unspecified atom stereocenters. The summed E-state index contributed by atoms with van der Waals surface area (Å²) >= 11 is 2.30.